The molecule has 1 aliphatic rings. The molecule has 1 aromatic heterocycles. The number of hydrogen-bond acceptors (Lipinski definition) is 5. The highest BCUT2D eigenvalue weighted by Crippen LogP contribution is 2.32. The second-order valence-electron chi connectivity index (χ2n) is 8.00. The SMILES string of the molecule is CC(=[NH2+])c1c(N)ncnc1N1CCCC(c2cccc(NC(=O)Nc3ccccc3)c2)C1. The number of carbonyl (C=O) groups is 1. The van der Waals surface area contributed by atoms with Crippen molar-refractivity contribution >= 4 is 34.8 Å². The van der Waals surface area contributed by atoms with E-state index in [9.17, 15) is 4.79 Å². The molecule has 1 atom stereocenters. The van der Waals surface area contributed by atoms with Gasteiger partial charge in [0.25, 0.3) is 0 Å². The van der Waals surface area contributed by atoms with Crippen LogP contribution in [-0.2, 0) is 0 Å². The van der Waals surface area contributed by atoms with E-state index < -0.39 is 0 Å². The zero-order valence-corrected chi connectivity index (χ0v) is 18.1. The number of nitrogens with two attached hydrogens (primary N) is 2. The number of urea groups is 1. The summed E-state index contributed by atoms with van der Waals surface area (Å²) >= 11 is 0. The van der Waals surface area contributed by atoms with E-state index in [0.717, 1.165) is 43.1 Å². The van der Waals surface area contributed by atoms with Gasteiger partial charge in [-0.3, -0.25) is 5.41 Å². The van der Waals surface area contributed by atoms with Gasteiger partial charge in [-0.25, -0.2) is 14.8 Å². The Kier molecular flexibility index (Phi) is 6.30. The van der Waals surface area contributed by atoms with Crippen molar-refractivity contribution in [2.45, 2.75) is 25.7 Å². The number of rotatable bonds is 5. The van der Waals surface area contributed by atoms with Gasteiger partial charge in [0.15, 0.2) is 5.71 Å². The van der Waals surface area contributed by atoms with E-state index in [4.69, 9.17) is 11.1 Å². The number of piperidine rings is 1. The number of nitrogen functional groups attached to an aromatic ring is 1. The maximum atomic E-state index is 12.4. The minimum absolute atomic E-state index is 0.270. The fourth-order valence-corrected chi connectivity index (χ4v) is 4.13. The van der Waals surface area contributed by atoms with Gasteiger partial charge in [-0.2, -0.15) is 0 Å². The molecule has 1 aliphatic heterocycles. The molecule has 6 N–H and O–H groups in total. The Morgan fingerprint density at radius 1 is 1.09 bits per heavy atom. The third kappa shape index (κ3) is 4.85. The van der Waals surface area contributed by atoms with Gasteiger partial charge >= 0.3 is 6.03 Å². The number of benzene rings is 2. The third-order valence-corrected chi connectivity index (χ3v) is 5.62. The minimum Gasteiger partial charge on any atom is -0.383 e. The number of hydrogen-bond donors (Lipinski definition) is 4. The van der Waals surface area contributed by atoms with Crippen molar-refractivity contribution in [3.05, 3.63) is 72.1 Å². The van der Waals surface area contributed by atoms with Gasteiger partial charge in [0.2, 0.25) is 0 Å². The molecule has 8 heteroatoms. The maximum Gasteiger partial charge on any atom is 0.323 e. The van der Waals surface area contributed by atoms with Gasteiger partial charge in [0, 0.05) is 37.3 Å². The summed E-state index contributed by atoms with van der Waals surface area (Å²) in [6, 6.07) is 17.1. The zero-order chi connectivity index (χ0) is 22.5. The van der Waals surface area contributed by atoms with Crippen molar-refractivity contribution in [3.63, 3.8) is 0 Å². The Hall–Kier alpha value is -3.94. The van der Waals surface area contributed by atoms with Crippen LogP contribution in [0.4, 0.5) is 27.8 Å². The molecule has 164 valence electrons. The van der Waals surface area contributed by atoms with Crippen LogP contribution in [0.15, 0.2) is 60.9 Å². The highest BCUT2D eigenvalue weighted by Gasteiger charge is 2.26. The fraction of sp³-hybridized carbons (Fsp3) is 0.250. The van der Waals surface area contributed by atoms with Gasteiger partial charge in [-0.15, -0.1) is 0 Å². The van der Waals surface area contributed by atoms with E-state index in [2.05, 4.69) is 31.6 Å². The van der Waals surface area contributed by atoms with Crippen LogP contribution in [0.1, 0.15) is 36.8 Å². The van der Waals surface area contributed by atoms with E-state index in [1.165, 1.54) is 11.9 Å². The van der Waals surface area contributed by atoms with Gasteiger partial charge in [-0.1, -0.05) is 30.3 Å². The van der Waals surface area contributed by atoms with Crippen LogP contribution in [0.25, 0.3) is 0 Å². The van der Waals surface area contributed by atoms with Gasteiger partial charge < -0.3 is 21.3 Å². The molecule has 1 fully saturated rings. The number of amides is 2. The van der Waals surface area contributed by atoms with Crippen LogP contribution in [0.5, 0.6) is 0 Å². The summed E-state index contributed by atoms with van der Waals surface area (Å²) in [7, 11) is 0. The molecule has 3 aromatic rings. The molecular weight excluding hydrogens is 402 g/mol. The lowest BCUT2D eigenvalue weighted by atomic mass is 9.90. The molecule has 0 saturated carbocycles. The average molecular weight is 431 g/mol. The van der Waals surface area contributed by atoms with E-state index >= 15 is 0 Å². The highest BCUT2D eigenvalue weighted by molar-refractivity contribution is 6.02. The molecule has 2 aromatic carbocycles. The molecule has 2 amide bonds. The lowest BCUT2D eigenvalue weighted by Gasteiger charge is -2.34. The zero-order valence-electron chi connectivity index (χ0n) is 18.1. The molecule has 0 spiro atoms. The lowest BCUT2D eigenvalue weighted by molar-refractivity contribution is -0.113. The summed E-state index contributed by atoms with van der Waals surface area (Å²) in [5, 5.41) is 11.8. The Morgan fingerprint density at radius 3 is 2.62 bits per heavy atom. The Balaban J connectivity index is 1.48. The molecule has 1 unspecified atom stereocenters. The summed E-state index contributed by atoms with van der Waals surface area (Å²) in [6.07, 6.45) is 3.55. The van der Waals surface area contributed by atoms with Crippen LogP contribution >= 0.6 is 0 Å². The van der Waals surface area contributed by atoms with Crippen molar-refractivity contribution in [2.75, 3.05) is 34.4 Å². The number of nitrogens with one attached hydrogen (secondary N) is 2. The first kappa shape index (κ1) is 21.3. The molecular formula is C24H28N7O+. The van der Waals surface area contributed by atoms with Crippen molar-refractivity contribution in [3.8, 4) is 0 Å². The van der Waals surface area contributed by atoms with Crippen LogP contribution in [-0.4, -0.2) is 34.8 Å². The largest absolute Gasteiger partial charge is 0.383 e. The van der Waals surface area contributed by atoms with Crippen LogP contribution in [0, 0.1) is 0 Å². The predicted octanol–water partition coefficient (Wildman–Crippen LogP) is 2.65. The molecule has 4 rings (SSSR count). The van der Waals surface area contributed by atoms with Crippen molar-refractivity contribution < 1.29 is 10.2 Å². The molecule has 8 nitrogen and oxygen atoms in total. The Bertz CT molecular complexity index is 1120. The summed E-state index contributed by atoms with van der Waals surface area (Å²) in [5.41, 5.74) is 10.1. The molecule has 2 heterocycles. The van der Waals surface area contributed by atoms with Crippen molar-refractivity contribution in [2.24, 2.45) is 0 Å². The predicted molar refractivity (Wildman–Crippen MR) is 128 cm³/mol. The van der Waals surface area contributed by atoms with Crippen molar-refractivity contribution in [1.82, 2.24) is 9.97 Å². The molecule has 0 bridgehead atoms. The molecule has 1 saturated heterocycles. The summed E-state index contributed by atoms with van der Waals surface area (Å²) in [5.74, 6) is 1.47. The third-order valence-electron chi connectivity index (χ3n) is 5.62. The van der Waals surface area contributed by atoms with E-state index in [1.807, 2.05) is 55.5 Å². The lowest BCUT2D eigenvalue weighted by Crippen LogP contribution is -2.42. The maximum absolute atomic E-state index is 12.4. The Labute approximate surface area is 187 Å². The second kappa shape index (κ2) is 9.47. The first-order chi connectivity index (χ1) is 15.5. The monoisotopic (exact) mass is 430 g/mol. The first-order valence-electron chi connectivity index (χ1n) is 10.7. The number of para-hydroxylation sites is 1. The smallest absolute Gasteiger partial charge is 0.323 e. The van der Waals surface area contributed by atoms with Gasteiger partial charge in [0.05, 0.1) is 0 Å². The van der Waals surface area contributed by atoms with Crippen LogP contribution < -0.4 is 26.7 Å². The van der Waals surface area contributed by atoms with Crippen LogP contribution in [0.3, 0.4) is 0 Å². The highest BCUT2D eigenvalue weighted by atomic mass is 16.2. The van der Waals surface area contributed by atoms with Crippen molar-refractivity contribution in [1.29, 1.82) is 0 Å². The first-order valence-corrected chi connectivity index (χ1v) is 10.7. The Morgan fingerprint density at radius 2 is 1.84 bits per heavy atom. The van der Waals surface area contributed by atoms with Gasteiger partial charge in [0.1, 0.15) is 23.5 Å². The number of nitrogens with zero attached hydrogens (tertiary/aromatic N) is 3. The molecule has 32 heavy (non-hydrogen) atoms. The quantitative estimate of drug-likeness (QED) is 0.464. The molecule has 0 aliphatic carbocycles. The summed E-state index contributed by atoms with van der Waals surface area (Å²) in [4.78, 5) is 23.2. The average Bonchev–Trinajstić information content (AvgIpc) is 2.79. The van der Waals surface area contributed by atoms with Crippen LogP contribution in [0.2, 0.25) is 0 Å². The summed E-state index contributed by atoms with van der Waals surface area (Å²) < 4.78 is 0. The van der Waals surface area contributed by atoms with E-state index in [1.54, 1.807) is 0 Å². The van der Waals surface area contributed by atoms with E-state index in [0.29, 0.717) is 23.0 Å². The standard InChI is InChI=1S/C24H27N7O/c1-16(25)21-22(26)27-15-28-23(21)31-12-6-8-18(14-31)17-7-5-11-20(13-17)30-24(32)29-19-9-3-2-4-10-19/h2-5,7,9-11,13,15,18,25H,6,8,12,14H2,1H3,(H2,26,27,28)(H2,29,30,32)/p+1. The normalized spacial score (nSPS) is 15.8. The molecule has 0 radical (unpaired) electrons. The number of aromatic nitrogens is 2. The fourth-order valence-electron chi connectivity index (χ4n) is 4.13. The second-order valence-corrected chi connectivity index (χ2v) is 8.00. The van der Waals surface area contributed by atoms with E-state index in [-0.39, 0.29) is 6.03 Å². The number of anilines is 4. The topological polar surface area (TPSA) is 122 Å². The minimum atomic E-state index is -0.270. The number of carbonyl (C=O) groups excluding carboxylic acids is 1. The summed E-state index contributed by atoms with van der Waals surface area (Å²) in [6.45, 7) is 3.48. The van der Waals surface area contributed by atoms with Gasteiger partial charge in [-0.05, 0) is 42.7 Å².